The number of hydrogen-bond acceptors (Lipinski definition) is 4. The Morgan fingerprint density at radius 2 is 2.10 bits per heavy atom. The van der Waals surface area contributed by atoms with E-state index < -0.39 is 0 Å². The SMILES string of the molecule is CCC1CCCCC1n1nnnc1-c1cc(N)ccc1C. The highest BCUT2D eigenvalue weighted by Crippen LogP contribution is 2.37. The highest BCUT2D eigenvalue weighted by molar-refractivity contribution is 5.65. The van der Waals surface area contributed by atoms with Gasteiger partial charge in [0.05, 0.1) is 6.04 Å². The van der Waals surface area contributed by atoms with Gasteiger partial charge in [-0.15, -0.1) is 5.10 Å². The molecule has 0 amide bonds. The molecule has 0 bridgehead atoms. The first kappa shape index (κ1) is 14.0. The van der Waals surface area contributed by atoms with Crippen LogP contribution in [0.3, 0.4) is 0 Å². The van der Waals surface area contributed by atoms with Crippen LogP contribution in [0.2, 0.25) is 0 Å². The van der Waals surface area contributed by atoms with Crippen molar-refractivity contribution >= 4 is 5.69 Å². The average molecular weight is 285 g/mol. The summed E-state index contributed by atoms with van der Waals surface area (Å²) in [7, 11) is 0. The summed E-state index contributed by atoms with van der Waals surface area (Å²) in [5, 5.41) is 12.5. The summed E-state index contributed by atoms with van der Waals surface area (Å²) >= 11 is 0. The lowest BCUT2D eigenvalue weighted by molar-refractivity contribution is 0.216. The summed E-state index contributed by atoms with van der Waals surface area (Å²) < 4.78 is 2.04. The summed E-state index contributed by atoms with van der Waals surface area (Å²) in [6.07, 6.45) is 6.20. The van der Waals surface area contributed by atoms with E-state index in [4.69, 9.17) is 5.73 Å². The summed E-state index contributed by atoms with van der Waals surface area (Å²) in [6, 6.07) is 6.33. The van der Waals surface area contributed by atoms with Crippen molar-refractivity contribution < 1.29 is 0 Å². The van der Waals surface area contributed by atoms with Crippen molar-refractivity contribution in [3.63, 3.8) is 0 Å². The van der Waals surface area contributed by atoms with E-state index in [9.17, 15) is 0 Å². The first-order valence-electron chi connectivity index (χ1n) is 7.85. The lowest BCUT2D eigenvalue weighted by atomic mass is 9.83. The molecule has 1 aliphatic rings. The van der Waals surface area contributed by atoms with Crippen molar-refractivity contribution in [2.75, 3.05) is 5.73 Å². The molecule has 112 valence electrons. The maximum atomic E-state index is 5.94. The Morgan fingerprint density at radius 1 is 1.29 bits per heavy atom. The fourth-order valence-corrected chi connectivity index (χ4v) is 3.46. The van der Waals surface area contributed by atoms with E-state index in [0.29, 0.717) is 12.0 Å². The number of nitrogens with zero attached hydrogens (tertiary/aromatic N) is 4. The zero-order chi connectivity index (χ0) is 14.8. The van der Waals surface area contributed by atoms with Crippen LogP contribution >= 0.6 is 0 Å². The first-order chi connectivity index (χ1) is 10.2. The molecular weight excluding hydrogens is 262 g/mol. The highest BCUT2D eigenvalue weighted by Gasteiger charge is 2.28. The van der Waals surface area contributed by atoms with Crippen LogP contribution in [0.4, 0.5) is 5.69 Å². The van der Waals surface area contributed by atoms with E-state index in [1.807, 2.05) is 22.9 Å². The molecule has 0 radical (unpaired) electrons. The molecule has 1 heterocycles. The molecule has 1 fully saturated rings. The van der Waals surface area contributed by atoms with Gasteiger partial charge in [-0.3, -0.25) is 0 Å². The minimum atomic E-state index is 0.412. The molecule has 2 atom stereocenters. The maximum absolute atomic E-state index is 5.94. The maximum Gasteiger partial charge on any atom is 0.182 e. The molecule has 1 aromatic carbocycles. The summed E-state index contributed by atoms with van der Waals surface area (Å²) in [5.74, 6) is 1.52. The van der Waals surface area contributed by atoms with Crippen LogP contribution in [0.15, 0.2) is 18.2 Å². The second kappa shape index (κ2) is 5.84. The molecule has 2 N–H and O–H groups in total. The lowest BCUT2D eigenvalue weighted by Gasteiger charge is -2.31. The number of nitrogens with two attached hydrogens (primary N) is 1. The van der Waals surface area contributed by atoms with Crippen molar-refractivity contribution in [1.29, 1.82) is 0 Å². The van der Waals surface area contributed by atoms with E-state index in [1.54, 1.807) is 0 Å². The van der Waals surface area contributed by atoms with Gasteiger partial charge in [0.2, 0.25) is 0 Å². The van der Waals surface area contributed by atoms with Crippen molar-refractivity contribution in [2.45, 2.75) is 52.0 Å². The normalized spacial score (nSPS) is 22.4. The quantitative estimate of drug-likeness (QED) is 0.878. The van der Waals surface area contributed by atoms with E-state index >= 15 is 0 Å². The number of aromatic nitrogens is 4. The van der Waals surface area contributed by atoms with Gasteiger partial charge in [0.25, 0.3) is 0 Å². The Kier molecular flexibility index (Phi) is 3.90. The molecule has 5 heteroatoms. The van der Waals surface area contributed by atoms with Gasteiger partial charge >= 0.3 is 0 Å². The van der Waals surface area contributed by atoms with Crippen molar-refractivity contribution in [3.05, 3.63) is 23.8 Å². The van der Waals surface area contributed by atoms with Crippen molar-refractivity contribution in [3.8, 4) is 11.4 Å². The number of anilines is 1. The topological polar surface area (TPSA) is 69.6 Å². The van der Waals surface area contributed by atoms with Crippen molar-refractivity contribution in [1.82, 2.24) is 20.2 Å². The van der Waals surface area contributed by atoms with Gasteiger partial charge < -0.3 is 5.73 Å². The number of rotatable bonds is 3. The third kappa shape index (κ3) is 2.64. The van der Waals surface area contributed by atoms with E-state index in [-0.39, 0.29) is 0 Å². The van der Waals surface area contributed by atoms with Gasteiger partial charge in [-0.25, -0.2) is 4.68 Å². The molecule has 2 unspecified atom stereocenters. The smallest absolute Gasteiger partial charge is 0.182 e. The number of nitrogen functional groups attached to an aromatic ring is 1. The average Bonchev–Trinajstić information content (AvgIpc) is 2.98. The van der Waals surface area contributed by atoms with Crippen LogP contribution in [0.1, 0.15) is 50.6 Å². The van der Waals surface area contributed by atoms with Gasteiger partial charge in [-0.2, -0.15) is 0 Å². The van der Waals surface area contributed by atoms with Crippen molar-refractivity contribution in [2.24, 2.45) is 5.92 Å². The Balaban J connectivity index is 2.02. The molecule has 21 heavy (non-hydrogen) atoms. The fourth-order valence-electron chi connectivity index (χ4n) is 3.46. The Hall–Kier alpha value is -1.91. The van der Waals surface area contributed by atoms with Crippen LogP contribution in [-0.2, 0) is 0 Å². The second-order valence-electron chi connectivity index (χ2n) is 6.04. The van der Waals surface area contributed by atoms with Crippen LogP contribution in [0.5, 0.6) is 0 Å². The number of tetrazole rings is 1. The van der Waals surface area contributed by atoms with Gasteiger partial charge in [0, 0.05) is 11.3 Å². The number of benzene rings is 1. The summed E-state index contributed by atoms with van der Waals surface area (Å²) in [6.45, 7) is 4.34. The van der Waals surface area contributed by atoms with E-state index in [1.165, 1.54) is 25.7 Å². The molecule has 0 spiro atoms. The molecule has 3 rings (SSSR count). The largest absolute Gasteiger partial charge is 0.399 e. The van der Waals surface area contributed by atoms with E-state index in [0.717, 1.165) is 29.1 Å². The summed E-state index contributed by atoms with van der Waals surface area (Å²) in [4.78, 5) is 0. The second-order valence-corrected chi connectivity index (χ2v) is 6.04. The van der Waals surface area contributed by atoms with Gasteiger partial charge in [0.1, 0.15) is 0 Å². The molecule has 1 aliphatic carbocycles. The molecular formula is C16H23N5. The van der Waals surface area contributed by atoms with Gasteiger partial charge in [0.15, 0.2) is 5.82 Å². The highest BCUT2D eigenvalue weighted by atomic mass is 15.5. The minimum absolute atomic E-state index is 0.412. The lowest BCUT2D eigenvalue weighted by Crippen LogP contribution is -2.24. The predicted molar refractivity (Wildman–Crippen MR) is 83.7 cm³/mol. The Morgan fingerprint density at radius 3 is 2.90 bits per heavy atom. The minimum Gasteiger partial charge on any atom is -0.399 e. The van der Waals surface area contributed by atoms with Crippen LogP contribution < -0.4 is 5.73 Å². The van der Waals surface area contributed by atoms with Crippen LogP contribution in [0, 0.1) is 12.8 Å². The third-order valence-electron chi connectivity index (χ3n) is 4.70. The van der Waals surface area contributed by atoms with Gasteiger partial charge in [-0.1, -0.05) is 32.3 Å². The molecule has 2 aromatic rings. The molecule has 1 aromatic heterocycles. The predicted octanol–water partition coefficient (Wildman–Crippen LogP) is 3.37. The molecule has 1 saturated carbocycles. The fraction of sp³-hybridized carbons (Fsp3) is 0.562. The molecule has 0 aliphatic heterocycles. The number of hydrogen-bond donors (Lipinski definition) is 1. The third-order valence-corrected chi connectivity index (χ3v) is 4.70. The molecule has 5 nitrogen and oxygen atoms in total. The molecule has 0 saturated heterocycles. The zero-order valence-electron chi connectivity index (χ0n) is 12.8. The summed E-state index contributed by atoms with van der Waals surface area (Å²) in [5.41, 5.74) is 8.89. The van der Waals surface area contributed by atoms with Crippen LogP contribution in [-0.4, -0.2) is 20.2 Å². The van der Waals surface area contributed by atoms with Crippen LogP contribution in [0.25, 0.3) is 11.4 Å². The monoisotopic (exact) mass is 285 g/mol. The number of aryl methyl sites for hydroxylation is 1. The zero-order valence-corrected chi connectivity index (χ0v) is 12.8. The Bertz CT molecular complexity index is 619. The Labute approximate surface area is 125 Å². The van der Waals surface area contributed by atoms with Gasteiger partial charge in [-0.05, 0) is 53.8 Å². The first-order valence-corrected chi connectivity index (χ1v) is 7.85. The van der Waals surface area contributed by atoms with E-state index in [2.05, 4.69) is 29.4 Å². The standard InChI is InChI=1S/C16H23N5/c1-3-12-6-4-5-7-15(12)21-16(18-19-20-21)14-10-13(17)9-8-11(14)2/h8-10,12,15H,3-7,17H2,1-2H3.